The van der Waals surface area contributed by atoms with Crippen LogP contribution in [0.25, 0.3) is 0 Å². The van der Waals surface area contributed by atoms with Crippen LogP contribution in [0.3, 0.4) is 0 Å². The van der Waals surface area contributed by atoms with Gasteiger partial charge in [0.25, 0.3) is 0 Å². The van der Waals surface area contributed by atoms with Crippen LogP contribution in [-0.2, 0) is 9.84 Å². The van der Waals surface area contributed by atoms with Crippen molar-refractivity contribution in [2.45, 2.75) is 52.1 Å². The molecule has 0 fully saturated rings. The quantitative estimate of drug-likeness (QED) is 0.268. The molecule has 0 aliphatic rings. The number of nitrogens with one attached hydrogen (secondary N) is 2. The molecular weight excluding hydrogens is 417 g/mol. The summed E-state index contributed by atoms with van der Waals surface area (Å²) in [5.74, 6) is 0.609. The second kappa shape index (κ2) is 12.3. The second-order valence-corrected chi connectivity index (χ2v) is 7.74. The highest BCUT2D eigenvalue weighted by atomic mass is 127. The third kappa shape index (κ3) is 12.5. The summed E-state index contributed by atoms with van der Waals surface area (Å²) in [5.41, 5.74) is -0.775. The van der Waals surface area contributed by atoms with E-state index in [-0.39, 0.29) is 29.7 Å². The van der Waals surface area contributed by atoms with Crippen LogP contribution in [0.5, 0.6) is 0 Å². The molecule has 0 bridgehead atoms. The van der Waals surface area contributed by atoms with Crippen molar-refractivity contribution in [2.24, 2.45) is 4.99 Å². The molecule has 0 spiro atoms. The number of nitrogens with zero attached hydrogens (tertiary/aromatic N) is 1. The zero-order chi connectivity index (χ0) is 16.4. The molecule has 8 heteroatoms. The van der Waals surface area contributed by atoms with Crippen molar-refractivity contribution in [1.82, 2.24) is 10.6 Å². The molecule has 134 valence electrons. The topological polar surface area (TPSA) is 90.8 Å². The average molecular weight is 449 g/mol. The third-order valence-corrected chi connectivity index (χ3v) is 4.02. The van der Waals surface area contributed by atoms with Crippen LogP contribution in [0.4, 0.5) is 0 Å². The first-order chi connectivity index (χ1) is 9.76. The van der Waals surface area contributed by atoms with Gasteiger partial charge in [-0.15, -0.1) is 24.0 Å². The normalized spacial score (nSPS) is 12.7. The lowest BCUT2D eigenvalue weighted by Gasteiger charge is -2.26. The Morgan fingerprint density at radius 2 is 1.68 bits per heavy atom. The fraction of sp³-hybridized carbons (Fsp3) is 0.929. The summed E-state index contributed by atoms with van der Waals surface area (Å²) in [6.07, 6.45) is 4.45. The molecule has 22 heavy (non-hydrogen) atoms. The van der Waals surface area contributed by atoms with E-state index in [1.54, 1.807) is 0 Å². The average Bonchev–Trinajstić information content (AvgIpc) is 2.35. The van der Waals surface area contributed by atoms with E-state index >= 15 is 0 Å². The van der Waals surface area contributed by atoms with Gasteiger partial charge in [-0.25, -0.2) is 8.42 Å². The lowest BCUT2D eigenvalue weighted by Crippen LogP contribution is -2.41. The Kier molecular flexibility index (Phi) is 13.6. The van der Waals surface area contributed by atoms with Crippen LogP contribution in [0.15, 0.2) is 4.99 Å². The molecule has 6 nitrogen and oxygen atoms in total. The summed E-state index contributed by atoms with van der Waals surface area (Å²) in [7, 11) is -2.99. The first-order valence-electron chi connectivity index (χ1n) is 7.68. The summed E-state index contributed by atoms with van der Waals surface area (Å²) in [6.45, 7) is 7.34. The monoisotopic (exact) mass is 449 g/mol. The van der Waals surface area contributed by atoms with Gasteiger partial charge in [-0.05, 0) is 19.8 Å². The number of sulfone groups is 1. The van der Waals surface area contributed by atoms with Crippen molar-refractivity contribution in [1.29, 1.82) is 0 Å². The highest BCUT2D eigenvalue weighted by Crippen LogP contribution is 2.19. The van der Waals surface area contributed by atoms with E-state index in [2.05, 4.69) is 15.6 Å². The molecule has 0 saturated carbocycles. The van der Waals surface area contributed by atoms with Gasteiger partial charge >= 0.3 is 0 Å². The zero-order valence-corrected chi connectivity index (χ0v) is 17.3. The van der Waals surface area contributed by atoms with Crippen molar-refractivity contribution in [3.05, 3.63) is 0 Å². The first-order valence-corrected chi connectivity index (χ1v) is 9.74. The van der Waals surface area contributed by atoms with Gasteiger partial charge in [0.05, 0.1) is 17.9 Å². The van der Waals surface area contributed by atoms with Crippen LogP contribution >= 0.6 is 24.0 Å². The molecule has 0 atom stereocenters. The molecule has 0 radical (unpaired) electrons. The predicted octanol–water partition coefficient (Wildman–Crippen LogP) is 1.54. The zero-order valence-electron chi connectivity index (χ0n) is 14.2. The van der Waals surface area contributed by atoms with Crippen molar-refractivity contribution in [2.75, 3.05) is 31.6 Å². The van der Waals surface area contributed by atoms with E-state index in [1.165, 1.54) is 6.26 Å². The molecule has 3 N–H and O–H groups in total. The van der Waals surface area contributed by atoms with Gasteiger partial charge in [0.2, 0.25) is 0 Å². The Labute approximate surface area is 152 Å². The molecule has 0 aromatic rings. The molecule has 0 aliphatic heterocycles. The maximum atomic E-state index is 11.1. The van der Waals surface area contributed by atoms with Gasteiger partial charge in [0, 0.05) is 19.3 Å². The molecule has 0 saturated heterocycles. The Morgan fingerprint density at radius 1 is 1.14 bits per heavy atom. The Bertz CT molecular complexity index is 408. The van der Waals surface area contributed by atoms with Gasteiger partial charge in [0.1, 0.15) is 9.84 Å². The maximum absolute atomic E-state index is 11.1. The standard InChI is InChI=1S/C14H31N3O3S.HI/c1-5-8-14(18,9-6-2)12-17-13(15-7-3)16-10-11-21(4,19)20;/h18H,5-12H2,1-4H3,(H2,15,16,17);1H. The second-order valence-electron chi connectivity index (χ2n) is 5.48. The Balaban J connectivity index is 0. The van der Waals surface area contributed by atoms with Gasteiger partial charge < -0.3 is 15.7 Å². The molecule has 0 heterocycles. The third-order valence-electron chi connectivity index (χ3n) is 3.07. The van der Waals surface area contributed by atoms with Crippen LogP contribution in [-0.4, -0.2) is 56.7 Å². The van der Waals surface area contributed by atoms with Gasteiger partial charge in [-0.3, -0.25) is 4.99 Å². The predicted molar refractivity (Wildman–Crippen MR) is 104 cm³/mol. The molecule has 0 amide bonds. The van der Waals surface area contributed by atoms with Gasteiger partial charge in [-0.1, -0.05) is 26.7 Å². The number of guanidine groups is 1. The highest BCUT2D eigenvalue weighted by Gasteiger charge is 2.24. The minimum Gasteiger partial charge on any atom is -0.388 e. The van der Waals surface area contributed by atoms with Crippen LogP contribution in [0.2, 0.25) is 0 Å². The summed E-state index contributed by atoms with van der Waals surface area (Å²) >= 11 is 0. The van der Waals surface area contributed by atoms with Gasteiger partial charge in [-0.2, -0.15) is 0 Å². The number of aliphatic imine (C=N–C) groups is 1. The van der Waals surface area contributed by atoms with Crippen molar-refractivity contribution >= 4 is 39.8 Å². The van der Waals surface area contributed by atoms with Crippen molar-refractivity contribution in [3.63, 3.8) is 0 Å². The molecule has 0 rings (SSSR count). The van der Waals surface area contributed by atoms with Gasteiger partial charge in [0.15, 0.2) is 5.96 Å². The fourth-order valence-corrected chi connectivity index (χ4v) is 2.61. The summed E-state index contributed by atoms with van der Waals surface area (Å²) in [6, 6.07) is 0. The number of halogens is 1. The van der Waals surface area contributed by atoms with Crippen molar-refractivity contribution in [3.8, 4) is 0 Å². The molecule has 0 unspecified atom stereocenters. The van der Waals surface area contributed by atoms with Crippen molar-refractivity contribution < 1.29 is 13.5 Å². The highest BCUT2D eigenvalue weighted by molar-refractivity contribution is 14.0. The van der Waals surface area contributed by atoms with Crippen LogP contribution in [0, 0.1) is 0 Å². The molecule has 0 aliphatic carbocycles. The summed E-state index contributed by atoms with van der Waals surface area (Å²) in [4.78, 5) is 4.39. The van der Waals surface area contributed by atoms with E-state index in [4.69, 9.17) is 0 Å². The Hall–Kier alpha value is -0.0900. The van der Waals surface area contributed by atoms with E-state index < -0.39 is 15.4 Å². The van der Waals surface area contributed by atoms with E-state index in [0.717, 1.165) is 12.8 Å². The first kappa shape index (κ1) is 24.2. The number of hydrogen-bond donors (Lipinski definition) is 3. The van der Waals surface area contributed by atoms with Crippen LogP contribution < -0.4 is 10.6 Å². The summed E-state index contributed by atoms with van der Waals surface area (Å²) < 4.78 is 22.2. The Morgan fingerprint density at radius 3 is 2.09 bits per heavy atom. The fourth-order valence-electron chi connectivity index (χ4n) is 2.14. The minimum atomic E-state index is -2.99. The maximum Gasteiger partial charge on any atom is 0.191 e. The number of rotatable bonds is 10. The molecule has 0 aromatic heterocycles. The molecule has 0 aromatic carbocycles. The smallest absolute Gasteiger partial charge is 0.191 e. The van der Waals surface area contributed by atoms with E-state index in [0.29, 0.717) is 38.4 Å². The largest absolute Gasteiger partial charge is 0.388 e. The minimum absolute atomic E-state index is 0. The lowest BCUT2D eigenvalue weighted by molar-refractivity contribution is 0.0306. The summed E-state index contributed by atoms with van der Waals surface area (Å²) in [5, 5.41) is 16.6. The molecular formula is C14H32IN3O3S. The number of aliphatic hydroxyl groups is 1. The number of hydrogen-bond acceptors (Lipinski definition) is 4. The SMILES string of the molecule is CCCC(O)(CCC)CN=C(NCC)NCCS(C)(=O)=O.I. The lowest BCUT2D eigenvalue weighted by atomic mass is 9.93. The van der Waals surface area contributed by atoms with E-state index in [9.17, 15) is 13.5 Å². The van der Waals surface area contributed by atoms with Crippen LogP contribution in [0.1, 0.15) is 46.5 Å². The van der Waals surface area contributed by atoms with E-state index in [1.807, 2.05) is 20.8 Å².